The number of nitrogens with zero attached hydrogens (tertiary/aromatic N) is 3. The first-order valence-electron chi connectivity index (χ1n) is 6.89. The number of thiophene rings is 1. The van der Waals surface area contributed by atoms with Crippen LogP contribution >= 0.6 is 11.3 Å². The lowest BCUT2D eigenvalue weighted by atomic mass is 10.1. The van der Waals surface area contributed by atoms with Crippen molar-refractivity contribution in [3.8, 4) is 0 Å². The molecule has 21 heavy (non-hydrogen) atoms. The maximum Gasteiger partial charge on any atom is 0.254 e. The van der Waals surface area contributed by atoms with Crippen LogP contribution in [0.1, 0.15) is 33.7 Å². The number of aromatic nitrogens is 2. The zero-order chi connectivity index (χ0) is 14.8. The molecule has 0 aliphatic carbocycles. The van der Waals surface area contributed by atoms with Crippen molar-refractivity contribution in [3.63, 3.8) is 0 Å². The average Bonchev–Trinajstić information content (AvgIpc) is 3.00. The molecule has 5 nitrogen and oxygen atoms in total. The van der Waals surface area contributed by atoms with Crippen LogP contribution < -0.4 is 0 Å². The van der Waals surface area contributed by atoms with Gasteiger partial charge in [0.1, 0.15) is 11.9 Å². The van der Waals surface area contributed by atoms with Gasteiger partial charge in [-0.2, -0.15) is 11.3 Å². The summed E-state index contributed by atoms with van der Waals surface area (Å²) < 4.78 is 5.79. The smallest absolute Gasteiger partial charge is 0.254 e. The van der Waals surface area contributed by atoms with Crippen molar-refractivity contribution in [1.29, 1.82) is 0 Å². The topological polar surface area (TPSA) is 55.3 Å². The van der Waals surface area contributed by atoms with Crippen LogP contribution in [-0.4, -0.2) is 40.5 Å². The Balaban J connectivity index is 1.78. The highest BCUT2D eigenvalue weighted by molar-refractivity contribution is 7.08. The second kappa shape index (κ2) is 5.91. The van der Waals surface area contributed by atoms with Crippen LogP contribution in [0.2, 0.25) is 0 Å². The Morgan fingerprint density at radius 1 is 1.43 bits per heavy atom. The van der Waals surface area contributed by atoms with Gasteiger partial charge in [-0.3, -0.25) is 4.79 Å². The first-order chi connectivity index (χ1) is 10.1. The van der Waals surface area contributed by atoms with Crippen molar-refractivity contribution in [1.82, 2.24) is 14.9 Å². The fourth-order valence-electron chi connectivity index (χ4n) is 2.49. The number of morpholine rings is 1. The molecule has 1 fully saturated rings. The van der Waals surface area contributed by atoms with Crippen LogP contribution in [-0.2, 0) is 4.74 Å². The van der Waals surface area contributed by atoms with Gasteiger partial charge < -0.3 is 9.64 Å². The van der Waals surface area contributed by atoms with Gasteiger partial charge in [0.2, 0.25) is 0 Å². The molecular weight excluding hydrogens is 286 g/mol. The SMILES string of the molecule is Cc1cc(C2CN(C(=O)c3ccsc3)CCO2)nc(C)n1. The number of carbonyl (C=O) groups excluding carboxylic acids is 1. The third-order valence-electron chi connectivity index (χ3n) is 3.44. The Labute approximate surface area is 127 Å². The minimum atomic E-state index is -0.179. The van der Waals surface area contributed by atoms with Gasteiger partial charge in [0, 0.05) is 17.6 Å². The summed E-state index contributed by atoms with van der Waals surface area (Å²) in [4.78, 5) is 23.0. The van der Waals surface area contributed by atoms with E-state index in [1.165, 1.54) is 11.3 Å². The second-order valence-corrected chi connectivity index (χ2v) is 5.88. The summed E-state index contributed by atoms with van der Waals surface area (Å²) in [5.41, 5.74) is 2.51. The van der Waals surface area contributed by atoms with E-state index in [9.17, 15) is 4.79 Å². The number of amides is 1. The van der Waals surface area contributed by atoms with Crippen LogP contribution in [0.5, 0.6) is 0 Å². The number of hydrogen-bond acceptors (Lipinski definition) is 5. The minimum Gasteiger partial charge on any atom is -0.368 e. The zero-order valence-corrected chi connectivity index (χ0v) is 12.9. The molecule has 110 valence electrons. The molecule has 3 heterocycles. The summed E-state index contributed by atoms with van der Waals surface area (Å²) >= 11 is 1.53. The van der Waals surface area contributed by atoms with Crippen molar-refractivity contribution in [2.75, 3.05) is 19.7 Å². The molecule has 0 aromatic carbocycles. The van der Waals surface area contributed by atoms with Gasteiger partial charge in [0.05, 0.1) is 24.4 Å². The summed E-state index contributed by atoms with van der Waals surface area (Å²) in [6, 6.07) is 3.78. The highest BCUT2D eigenvalue weighted by atomic mass is 32.1. The molecule has 6 heteroatoms. The van der Waals surface area contributed by atoms with Crippen molar-refractivity contribution in [3.05, 3.63) is 45.7 Å². The van der Waals surface area contributed by atoms with Crippen LogP contribution in [0.3, 0.4) is 0 Å². The van der Waals surface area contributed by atoms with Crippen LogP contribution in [0.25, 0.3) is 0 Å². The molecule has 0 saturated carbocycles. The molecular formula is C15H17N3O2S. The van der Waals surface area contributed by atoms with E-state index in [2.05, 4.69) is 9.97 Å². The summed E-state index contributed by atoms with van der Waals surface area (Å²) in [5, 5.41) is 3.80. The standard InChI is InChI=1S/C15H17N3O2S/c1-10-7-13(17-11(2)16-10)14-8-18(4-5-20-14)15(19)12-3-6-21-9-12/h3,6-7,9,14H,4-5,8H2,1-2H3. The van der Waals surface area contributed by atoms with Gasteiger partial charge >= 0.3 is 0 Å². The van der Waals surface area contributed by atoms with E-state index in [4.69, 9.17) is 4.74 Å². The van der Waals surface area contributed by atoms with Crippen LogP contribution in [0.4, 0.5) is 0 Å². The second-order valence-electron chi connectivity index (χ2n) is 5.10. The third-order valence-corrected chi connectivity index (χ3v) is 4.12. The summed E-state index contributed by atoms with van der Waals surface area (Å²) in [5.74, 6) is 0.793. The highest BCUT2D eigenvalue weighted by Gasteiger charge is 2.27. The normalized spacial score (nSPS) is 18.8. The predicted molar refractivity (Wildman–Crippen MR) is 80.4 cm³/mol. The van der Waals surface area contributed by atoms with Crippen molar-refractivity contribution in [2.24, 2.45) is 0 Å². The van der Waals surface area contributed by atoms with Crippen molar-refractivity contribution in [2.45, 2.75) is 20.0 Å². The van der Waals surface area contributed by atoms with Crippen molar-refractivity contribution >= 4 is 17.2 Å². The molecule has 1 saturated heterocycles. The zero-order valence-electron chi connectivity index (χ0n) is 12.1. The monoisotopic (exact) mass is 303 g/mol. The molecule has 1 atom stereocenters. The lowest BCUT2D eigenvalue weighted by molar-refractivity contribution is -0.0248. The summed E-state index contributed by atoms with van der Waals surface area (Å²) in [7, 11) is 0. The third kappa shape index (κ3) is 3.11. The largest absolute Gasteiger partial charge is 0.368 e. The molecule has 0 spiro atoms. The molecule has 3 rings (SSSR count). The fourth-order valence-corrected chi connectivity index (χ4v) is 3.12. The van der Waals surface area contributed by atoms with Crippen molar-refractivity contribution < 1.29 is 9.53 Å². The van der Waals surface area contributed by atoms with Gasteiger partial charge in [-0.05, 0) is 31.4 Å². The molecule has 0 N–H and O–H groups in total. The quantitative estimate of drug-likeness (QED) is 0.854. The lowest BCUT2D eigenvalue weighted by Crippen LogP contribution is -2.42. The minimum absolute atomic E-state index is 0.0621. The summed E-state index contributed by atoms with van der Waals surface area (Å²) in [6.07, 6.45) is -0.179. The number of hydrogen-bond donors (Lipinski definition) is 0. The number of carbonyl (C=O) groups is 1. The van der Waals surface area contributed by atoms with E-state index in [-0.39, 0.29) is 12.0 Å². The Kier molecular flexibility index (Phi) is 3.98. The Morgan fingerprint density at radius 3 is 3.00 bits per heavy atom. The summed E-state index contributed by atoms with van der Waals surface area (Å²) in [6.45, 7) is 5.49. The fraction of sp³-hybridized carbons (Fsp3) is 0.400. The van der Waals surface area contributed by atoms with Gasteiger partial charge in [0.25, 0.3) is 5.91 Å². The number of ether oxygens (including phenoxy) is 1. The Bertz CT molecular complexity index is 622. The first-order valence-corrected chi connectivity index (χ1v) is 7.83. The maximum absolute atomic E-state index is 12.4. The van der Waals surface area contributed by atoms with E-state index < -0.39 is 0 Å². The number of rotatable bonds is 2. The van der Waals surface area contributed by atoms with E-state index in [1.54, 1.807) is 0 Å². The molecule has 0 bridgehead atoms. The number of aryl methyl sites for hydroxylation is 2. The Morgan fingerprint density at radius 2 is 2.29 bits per heavy atom. The Hall–Kier alpha value is -1.79. The van der Waals surface area contributed by atoms with Gasteiger partial charge in [-0.1, -0.05) is 0 Å². The van der Waals surface area contributed by atoms with Crippen LogP contribution in [0.15, 0.2) is 22.9 Å². The first kappa shape index (κ1) is 14.2. The van der Waals surface area contributed by atoms with E-state index in [0.29, 0.717) is 19.7 Å². The van der Waals surface area contributed by atoms with Gasteiger partial charge in [-0.15, -0.1) is 0 Å². The van der Waals surface area contributed by atoms with Crippen LogP contribution in [0, 0.1) is 13.8 Å². The van der Waals surface area contributed by atoms with Gasteiger partial charge in [0.15, 0.2) is 0 Å². The molecule has 1 amide bonds. The molecule has 0 radical (unpaired) electrons. The molecule has 2 aromatic rings. The molecule has 2 aromatic heterocycles. The molecule has 1 aliphatic heterocycles. The molecule has 1 unspecified atom stereocenters. The highest BCUT2D eigenvalue weighted by Crippen LogP contribution is 2.23. The predicted octanol–water partition coefficient (Wildman–Crippen LogP) is 2.37. The van der Waals surface area contributed by atoms with E-state index in [1.807, 2.05) is 41.6 Å². The van der Waals surface area contributed by atoms with E-state index in [0.717, 1.165) is 22.8 Å². The molecule has 1 aliphatic rings. The maximum atomic E-state index is 12.4. The lowest BCUT2D eigenvalue weighted by Gasteiger charge is -2.32. The van der Waals surface area contributed by atoms with Gasteiger partial charge in [-0.25, -0.2) is 9.97 Å². The van der Waals surface area contributed by atoms with E-state index >= 15 is 0 Å². The average molecular weight is 303 g/mol.